The Kier molecular flexibility index (Phi) is 7.01. The fourth-order valence-corrected chi connectivity index (χ4v) is 4.64. The van der Waals surface area contributed by atoms with Crippen LogP contribution < -0.4 is 5.32 Å². The van der Waals surface area contributed by atoms with Crippen molar-refractivity contribution in [3.05, 3.63) is 34.9 Å². The molecule has 0 bridgehead atoms. The van der Waals surface area contributed by atoms with Crippen molar-refractivity contribution >= 4 is 57.5 Å². The summed E-state index contributed by atoms with van der Waals surface area (Å²) in [6.45, 7) is 4.19. The second kappa shape index (κ2) is 8.76. The second-order valence-corrected chi connectivity index (χ2v) is 8.87. The fraction of sp³-hybridized carbons (Fsp3) is 0.357. The van der Waals surface area contributed by atoms with Crippen molar-refractivity contribution in [1.82, 2.24) is 10.2 Å². The van der Waals surface area contributed by atoms with E-state index in [9.17, 15) is 4.79 Å². The number of amides is 1. The number of carbonyl (C=O) groups excluding carboxylic acids is 1. The summed E-state index contributed by atoms with van der Waals surface area (Å²) in [5.74, 6) is 0.990. The zero-order valence-corrected chi connectivity index (χ0v) is 15.4. The normalized spacial score (nSPS) is 10.9. The summed E-state index contributed by atoms with van der Waals surface area (Å²) in [6.07, 6.45) is 0. The van der Waals surface area contributed by atoms with Crippen LogP contribution in [0.4, 0.5) is 5.13 Å². The van der Waals surface area contributed by atoms with Gasteiger partial charge in [0.1, 0.15) is 0 Å². The van der Waals surface area contributed by atoms with Gasteiger partial charge in [-0.2, -0.15) is 0 Å². The third-order valence-corrected chi connectivity index (χ3v) is 5.71. The predicted molar refractivity (Wildman–Crippen MR) is 97.1 cm³/mol. The minimum Gasteiger partial charge on any atom is -0.300 e. The molecule has 1 amide bonds. The molecule has 2 rings (SSSR count). The molecule has 0 atom stereocenters. The topological polar surface area (TPSA) is 54.9 Å². The molecule has 0 aliphatic heterocycles. The van der Waals surface area contributed by atoms with Crippen LogP contribution in [0.1, 0.15) is 19.4 Å². The molecule has 22 heavy (non-hydrogen) atoms. The van der Waals surface area contributed by atoms with Crippen molar-refractivity contribution in [2.45, 2.75) is 29.2 Å². The Balaban J connectivity index is 1.76. The number of hydrogen-bond donors (Lipinski definition) is 1. The highest BCUT2D eigenvalue weighted by molar-refractivity contribution is 8.01. The lowest BCUT2D eigenvalue weighted by molar-refractivity contribution is -0.113. The van der Waals surface area contributed by atoms with E-state index in [0.717, 1.165) is 14.9 Å². The summed E-state index contributed by atoms with van der Waals surface area (Å²) in [7, 11) is 0. The summed E-state index contributed by atoms with van der Waals surface area (Å²) >= 11 is 10.6. The van der Waals surface area contributed by atoms with Crippen LogP contribution in [-0.2, 0) is 10.5 Å². The highest BCUT2D eigenvalue weighted by atomic mass is 35.5. The quantitative estimate of drug-likeness (QED) is 0.569. The van der Waals surface area contributed by atoms with E-state index in [1.54, 1.807) is 11.8 Å². The minimum absolute atomic E-state index is 0.0747. The molecule has 1 N–H and O–H groups in total. The number of aromatic nitrogens is 2. The Labute approximate surface area is 147 Å². The van der Waals surface area contributed by atoms with Crippen molar-refractivity contribution in [2.24, 2.45) is 0 Å². The largest absolute Gasteiger partial charge is 0.300 e. The monoisotopic (exact) mass is 373 g/mol. The zero-order valence-electron chi connectivity index (χ0n) is 12.2. The minimum atomic E-state index is -0.0747. The lowest BCUT2D eigenvalue weighted by Gasteiger charge is -2.04. The van der Waals surface area contributed by atoms with Crippen molar-refractivity contribution in [3.63, 3.8) is 0 Å². The standard InChI is InChI=1S/C14H16ClN3OS3/c1-9(2)21-14-18-17-13(22-14)16-12(19)8-20-7-10-5-3-4-6-11(10)15/h3-6,9H,7-8H2,1-2H3,(H,16,17,19). The molecule has 4 nitrogen and oxygen atoms in total. The van der Waals surface area contributed by atoms with Gasteiger partial charge in [0.25, 0.3) is 0 Å². The molecule has 1 aromatic carbocycles. The van der Waals surface area contributed by atoms with E-state index in [4.69, 9.17) is 11.6 Å². The Bertz CT molecular complexity index is 633. The van der Waals surface area contributed by atoms with Crippen LogP contribution in [0.25, 0.3) is 0 Å². The van der Waals surface area contributed by atoms with Gasteiger partial charge in [-0.15, -0.1) is 22.0 Å². The number of nitrogens with one attached hydrogen (secondary N) is 1. The van der Waals surface area contributed by atoms with Gasteiger partial charge in [0, 0.05) is 16.0 Å². The lowest BCUT2D eigenvalue weighted by Crippen LogP contribution is -2.14. The summed E-state index contributed by atoms with van der Waals surface area (Å²) in [6, 6.07) is 7.66. The zero-order chi connectivity index (χ0) is 15.9. The van der Waals surface area contributed by atoms with Crippen LogP contribution in [0.15, 0.2) is 28.6 Å². The summed E-state index contributed by atoms with van der Waals surface area (Å²) < 4.78 is 0.869. The van der Waals surface area contributed by atoms with E-state index < -0.39 is 0 Å². The number of thioether (sulfide) groups is 2. The number of halogens is 1. The number of nitrogens with zero attached hydrogens (tertiary/aromatic N) is 2. The molecule has 0 aliphatic carbocycles. The molecular weight excluding hydrogens is 358 g/mol. The van der Waals surface area contributed by atoms with Gasteiger partial charge in [-0.3, -0.25) is 10.1 Å². The Morgan fingerprint density at radius 2 is 2.14 bits per heavy atom. The van der Waals surface area contributed by atoms with Gasteiger partial charge in [-0.25, -0.2) is 0 Å². The predicted octanol–water partition coefficient (Wildman–Crippen LogP) is 4.56. The lowest BCUT2D eigenvalue weighted by atomic mass is 10.2. The van der Waals surface area contributed by atoms with Crippen LogP contribution in [0.2, 0.25) is 5.02 Å². The highest BCUT2D eigenvalue weighted by Gasteiger charge is 2.10. The molecule has 0 aliphatic rings. The Morgan fingerprint density at radius 1 is 1.36 bits per heavy atom. The number of anilines is 1. The van der Waals surface area contributed by atoms with Crippen LogP contribution in [-0.4, -0.2) is 27.1 Å². The van der Waals surface area contributed by atoms with Crippen molar-refractivity contribution in [3.8, 4) is 0 Å². The van der Waals surface area contributed by atoms with Crippen molar-refractivity contribution in [1.29, 1.82) is 0 Å². The second-order valence-electron chi connectivity index (χ2n) is 4.67. The SMILES string of the molecule is CC(C)Sc1nnc(NC(=O)CSCc2ccccc2Cl)s1. The van der Waals surface area contributed by atoms with E-state index >= 15 is 0 Å². The van der Waals surface area contributed by atoms with Gasteiger partial charge in [-0.05, 0) is 11.6 Å². The van der Waals surface area contributed by atoms with Crippen LogP contribution in [0, 0.1) is 0 Å². The third kappa shape index (κ3) is 5.79. The molecule has 2 aromatic rings. The van der Waals surface area contributed by atoms with Crippen LogP contribution in [0.5, 0.6) is 0 Å². The first-order valence-electron chi connectivity index (χ1n) is 6.65. The van der Waals surface area contributed by atoms with E-state index in [1.807, 2.05) is 24.3 Å². The van der Waals surface area contributed by atoms with Gasteiger partial charge >= 0.3 is 0 Å². The maximum Gasteiger partial charge on any atom is 0.236 e. The summed E-state index contributed by atoms with van der Waals surface area (Å²) in [5, 5.41) is 12.5. The van der Waals surface area contributed by atoms with Crippen molar-refractivity contribution in [2.75, 3.05) is 11.1 Å². The first-order valence-corrected chi connectivity index (χ1v) is 9.88. The number of rotatable bonds is 7. The molecule has 0 spiro atoms. The molecule has 0 fully saturated rings. The first kappa shape index (κ1) is 17.6. The highest BCUT2D eigenvalue weighted by Crippen LogP contribution is 2.28. The Hall–Kier alpha value is -0.760. The maximum absolute atomic E-state index is 11.9. The molecule has 118 valence electrons. The van der Waals surface area contributed by atoms with E-state index in [2.05, 4.69) is 29.4 Å². The van der Waals surface area contributed by atoms with Gasteiger partial charge in [-0.1, -0.05) is 66.7 Å². The fourth-order valence-electron chi connectivity index (χ4n) is 1.53. The van der Waals surface area contributed by atoms with E-state index in [1.165, 1.54) is 23.1 Å². The van der Waals surface area contributed by atoms with Crippen molar-refractivity contribution < 1.29 is 4.79 Å². The molecule has 0 radical (unpaired) electrons. The van der Waals surface area contributed by atoms with Crippen LogP contribution in [0.3, 0.4) is 0 Å². The van der Waals surface area contributed by atoms with Gasteiger partial charge in [0.15, 0.2) is 4.34 Å². The molecule has 0 saturated carbocycles. The van der Waals surface area contributed by atoms with E-state index in [-0.39, 0.29) is 5.91 Å². The average molecular weight is 374 g/mol. The van der Waals surface area contributed by atoms with Gasteiger partial charge < -0.3 is 0 Å². The van der Waals surface area contributed by atoms with E-state index in [0.29, 0.717) is 21.9 Å². The molecule has 1 aromatic heterocycles. The Morgan fingerprint density at radius 3 is 2.86 bits per heavy atom. The molecule has 1 heterocycles. The molecule has 0 saturated heterocycles. The number of carbonyl (C=O) groups is 1. The summed E-state index contributed by atoms with van der Waals surface area (Å²) in [5.41, 5.74) is 1.04. The third-order valence-electron chi connectivity index (χ3n) is 2.44. The molecular formula is C14H16ClN3OS3. The van der Waals surface area contributed by atoms with Gasteiger partial charge in [0.2, 0.25) is 11.0 Å². The van der Waals surface area contributed by atoms with Gasteiger partial charge in [0.05, 0.1) is 5.75 Å². The number of benzene rings is 1. The van der Waals surface area contributed by atoms with Crippen LogP contribution >= 0.6 is 46.5 Å². The maximum atomic E-state index is 11.9. The smallest absolute Gasteiger partial charge is 0.236 e. The molecule has 0 unspecified atom stereocenters. The first-order chi connectivity index (χ1) is 10.5. The number of hydrogen-bond acceptors (Lipinski definition) is 6. The summed E-state index contributed by atoms with van der Waals surface area (Å²) in [4.78, 5) is 11.9. The average Bonchev–Trinajstić information content (AvgIpc) is 2.87. The molecule has 8 heteroatoms.